The minimum atomic E-state index is -0.320. The molecule has 0 aromatic carbocycles. The van der Waals surface area contributed by atoms with Gasteiger partial charge in [0.25, 0.3) is 0 Å². The Kier molecular flexibility index (Phi) is 5.60. The van der Waals surface area contributed by atoms with Crippen LogP contribution in [0.15, 0.2) is 0 Å². The predicted molar refractivity (Wildman–Crippen MR) is 70.0 cm³/mol. The summed E-state index contributed by atoms with van der Waals surface area (Å²) in [5.41, 5.74) is -0.313. The Labute approximate surface area is 105 Å². The molecule has 1 aliphatic rings. The van der Waals surface area contributed by atoms with Crippen molar-refractivity contribution in [1.82, 2.24) is 4.90 Å². The van der Waals surface area contributed by atoms with Gasteiger partial charge in [-0.2, -0.15) is 0 Å². The van der Waals surface area contributed by atoms with E-state index in [2.05, 4.69) is 4.90 Å². The first kappa shape index (κ1) is 14.7. The van der Waals surface area contributed by atoms with E-state index in [-0.39, 0.29) is 11.5 Å². The molecule has 1 fully saturated rings. The van der Waals surface area contributed by atoms with Gasteiger partial charge in [-0.1, -0.05) is 33.1 Å². The van der Waals surface area contributed by atoms with Crippen LogP contribution in [-0.4, -0.2) is 41.5 Å². The molecule has 0 aliphatic heterocycles. The molecule has 0 amide bonds. The molecule has 0 bridgehead atoms. The van der Waals surface area contributed by atoms with Crippen LogP contribution in [0.5, 0.6) is 0 Å². The Balaban J connectivity index is 2.61. The minimum absolute atomic E-state index is 0.313. The molecule has 0 radical (unpaired) electrons. The van der Waals surface area contributed by atoms with Crippen molar-refractivity contribution in [3.8, 4) is 0 Å². The number of carbonyl (C=O) groups excluding carboxylic acids is 1. The first-order valence-electron chi connectivity index (χ1n) is 6.83. The molecule has 0 spiro atoms. The number of rotatable bonds is 6. The number of aliphatic hydroxyl groups is 1. The highest BCUT2D eigenvalue weighted by Gasteiger charge is 2.28. The Bertz CT molecular complexity index is 232. The van der Waals surface area contributed by atoms with E-state index in [0.717, 1.165) is 12.8 Å². The second-order valence-electron chi connectivity index (χ2n) is 6.18. The Morgan fingerprint density at radius 1 is 1.35 bits per heavy atom. The molecule has 1 aliphatic carbocycles. The molecule has 0 aromatic rings. The quantitative estimate of drug-likeness (QED) is 0.725. The van der Waals surface area contributed by atoms with Gasteiger partial charge < -0.3 is 9.90 Å². The van der Waals surface area contributed by atoms with Crippen LogP contribution in [0.4, 0.5) is 0 Å². The van der Waals surface area contributed by atoms with E-state index < -0.39 is 0 Å². The molecule has 0 heterocycles. The molecule has 1 saturated carbocycles. The summed E-state index contributed by atoms with van der Waals surface area (Å²) in [5.74, 6) is 0. The lowest BCUT2D eigenvalue weighted by molar-refractivity contribution is -0.116. The molecule has 100 valence electrons. The zero-order valence-corrected chi connectivity index (χ0v) is 11.5. The molecule has 1 unspecified atom stereocenters. The third-order valence-corrected chi connectivity index (χ3v) is 3.52. The summed E-state index contributed by atoms with van der Waals surface area (Å²) in [4.78, 5) is 13.4. The van der Waals surface area contributed by atoms with Gasteiger partial charge in [0.2, 0.25) is 0 Å². The molecule has 1 N–H and O–H groups in total. The highest BCUT2D eigenvalue weighted by atomic mass is 16.3. The van der Waals surface area contributed by atoms with Gasteiger partial charge >= 0.3 is 0 Å². The molecule has 1 rings (SSSR count). The van der Waals surface area contributed by atoms with Crippen molar-refractivity contribution < 1.29 is 9.90 Å². The maximum Gasteiger partial charge on any atom is 0.126 e. The SMILES string of the molecule is CC(O)CN(CC(C)(C)C=O)C1CCCCC1. The summed E-state index contributed by atoms with van der Waals surface area (Å²) < 4.78 is 0. The molecular formula is C14H27NO2. The number of carbonyl (C=O) groups is 1. The van der Waals surface area contributed by atoms with Crippen molar-refractivity contribution in [3.63, 3.8) is 0 Å². The lowest BCUT2D eigenvalue weighted by atomic mass is 9.90. The Morgan fingerprint density at radius 2 is 1.94 bits per heavy atom. The molecule has 3 heteroatoms. The second-order valence-corrected chi connectivity index (χ2v) is 6.18. The van der Waals surface area contributed by atoms with E-state index in [1.165, 1.54) is 32.1 Å². The van der Waals surface area contributed by atoms with Crippen LogP contribution in [0.25, 0.3) is 0 Å². The van der Waals surface area contributed by atoms with Crippen LogP contribution in [0.3, 0.4) is 0 Å². The van der Waals surface area contributed by atoms with Crippen LogP contribution in [-0.2, 0) is 4.79 Å². The summed E-state index contributed by atoms with van der Waals surface area (Å²) in [6, 6.07) is 0.553. The number of aliphatic hydroxyl groups excluding tert-OH is 1. The third-order valence-electron chi connectivity index (χ3n) is 3.52. The summed E-state index contributed by atoms with van der Waals surface area (Å²) in [5, 5.41) is 9.59. The van der Waals surface area contributed by atoms with Gasteiger partial charge in [0.1, 0.15) is 6.29 Å². The minimum Gasteiger partial charge on any atom is -0.392 e. The maximum atomic E-state index is 11.0. The topological polar surface area (TPSA) is 40.5 Å². The highest BCUT2D eigenvalue weighted by molar-refractivity contribution is 5.58. The van der Waals surface area contributed by atoms with E-state index in [4.69, 9.17) is 0 Å². The average molecular weight is 241 g/mol. The monoisotopic (exact) mass is 241 g/mol. The molecule has 17 heavy (non-hydrogen) atoms. The average Bonchev–Trinajstić information content (AvgIpc) is 2.28. The number of hydrogen-bond donors (Lipinski definition) is 1. The highest BCUT2D eigenvalue weighted by Crippen LogP contribution is 2.25. The normalized spacial score (nSPS) is 20.5. The Morgan fingerprint density at radius 3 is 2.41 bits per heavy atom. The van der Waals surface area contributed by atoms with Crippen LogP contribution in [0.1, 0.15) is 52.9 Å². The van der Waals surface area contributed by atoms with Crippen LogP contribution < -0.4 is 0 Å². The molecule has 1 atom stereocenters. The van der Waals surface area contributed by atoms with Gasteiger partial charge in [0, 0.05) is 24.5 Å². The van der Waals surface area contributed by atoms with Gasteiger partial charge in [0.05, 0.1) is 6.10 Å². The lowest BCUT2D eigenvalue weighted by Crippen LogP contribution is -2.46. The fraction of sp³-hybridized carbons (Fsp3) is 0.929. The van der Waals surface area contributed by atoms with Gasteiger partial charge in [-0.15, -0.1) is 0 Å². The van der Waals surface area contributed by atoms with E-state index in [0.29, 0.717) is 12.6 Å². The maximum absolute atomic E-state index is 11.0. The number of nitrogens with zero attached hydrogens (tertiary/aromatic N) is 1. The first-order chi connectivity index (χ1) is 7.94. The van der Waals surface area contributed by atoms with Crippen molar-refractivity contribution >= 4 is 6.29 Å². The number of hydrogen-bond acceptors (Lipinski definition) is 3. The van der Waals surface area contributed by atoms with Crippen LogP contribution in [0.2, 0.25) is 0 Å². The fourth-order valence-corrected chi connectivity index (χ4v) is 2.69. The predicted octanol–water partition coefficient (Wildman–Crippen LogP) is 2.23. The summed E-state index contributed by atoms with van der Waals surface area (Å²) in [6.45, 7) is 7.20. The number of aldehydes is 1. The lowest BCUT2D eigenvalue weighted by Gasteiger charge is -2.38. The summed E-state index contributed by atoms with van der Waals surface area (Å²) >= 11 is 0. The van der Waals surface area contributed by atoms with E-state index in [1.807, 2.05) is 20.8 Å². The van der Waals surface area contributed by atoms with E-state index >= 15 is 0 Å². The molecule has 0 aromatic heterocycles. The van der Waals surface area contributed by atoms with Crippen LogP contribution in [0, 0.1) is 5.41 Å². The van der Waals surface area contributed by atoms with Gasteiger partial charge in [-0.05, 0) is 19.8 Å². The zero-order valence-electron chi connectivity index (χ0n) is 11.5. The fourth-order valence-electron chi connectivity index (χ4n) is 2.69. The molecular weight excluding hydrogens is 214 g/mol. The third kappa shape index (κ3) is 5.17. The van der Waals surface area contributed by atoms with E-state index in [9.17, 15) is 9.90 Å². The summed E-state index contributed by atoms with van der Waals surface area (Å²) in [7, 11) is 0. The van der Waals surface area contributed by atoms with Crippen molar-refractivity contribution in [2.75, 3.05) is 13.1 Å². The smallest absolute Gasteiger partial charge is 0.126 e. The molecule has 3 nitrogen and oxygen atoms in total. The zero-order chi connectivity index (χ0) is 12.9. The van der Waals surface area contributed by atoms with Crippen molar-refractivity contribution in [2.45, 2.75) is 65.0 Å². The first-order valence-corrected chi connectivity index (χ1v) is 6.83. The van der Waals surface area contributed by atoms with Gasteiger partial charge in [-0.3, -0.25) is 4.90 Å². The largest absolute Gasteiger partial charge is 0.392 e. The van der Waals surface area contributed by atoms with E-state index in [1.54, 1.807) is 0 Å². The Hall–Kier alpha value is -0.410. The molecule has 0 saturated heterocycles. The van der Waals surface area contributed by atoms with Gasteiger partial charge in [0.15, 0.2) is 0 Å². The second kappa shape index (κ2) is 6.50. The van der Waals surface area contributed by atoms with Crippen molar-refractivity contribution in [3.05, 3.63) is 0 Å². The standard InChI is InChI=1S/C14H27NO2/c1-12(17)9-15(10-14(2,3)11-16)13-7-5-4-6-8-13/h11-13,17H,4-10H2,1-3H3. The van der Waals surface area contributed by atoms with Crippen molar-refractivity contribution in [1.29, 1.82) is 0 Å². The van der Waals surface area contributed by atoms with Crippen LogP contribution >= 0.6 is 0 Å². The van der Waals surface area contributed by atoms with Gasteiger partial charge in [-0.25, -0.2) is 0 Å². The van der Waals surface area contributed by atoms with Crippen molar-refractivity contribution in [2.24, 2.45) is 5.41 Å². The summed E-state index contributed by atoms with van der Waals surface area (Å²) in [6.07, 6.45) is 7.02.